The van der Waals surface area contributed by atoms with E-state index < -0.39 is 9.84 Å². The van der Waals surface area contributed by atoms with Crippen molar-refractivity contribution in [2.24, 2.45) is 11.8 Å². The Morgan fingerprint density at radius 1 is 1.15 bits per heavy atom. The zero-order valence-electron chi connectivity index (χ0n) is 15.2. The zero-order valence-corrected chi connectivity index (χ0v) is 16.8. The topological polar surface area (TPSA) is 49.9 Å². The normalized spacial score (nSPS) is 22.3. The van der Waals surface area contributed by atoms with E-state index in [1.54, 1.807) is 0 Å². The number of fused-ring (bicyclic) bond motifs is 2. The van der Waals surface area contributed by atoms with Gasteiger partial charge in [-0.3, -0.25) is 0 Å². The Morgan fingerprint density at radius 3 is 2.70 bits per heavy atom. The predicted octanol–water partition coefficient (Wildman–Crippen LogP) is 5.08. The van der Waals surface area contributed by atoms with Crippen molar-refractivity contribution in [3.05, 3.63) is 69.9 Å². The maximum absolute atomic E-state index is 11.8. The van der Waals surface area contributed by atoms with E-state index in [4.69, 9.17) is 11.6 Å². The maximum Gasteiger partial charge on any atom is 0.151 e. The van der Waals surface area contributed by atoms with Gasteiger partial charge in [-0.2, -0.15) is 0 Å². The van der Waals surface area contributed by atoms with E-state index in [9.17, 15) is 8.42 Å². The van der Waals surface area contributed by atoms with E-state index >= 15 is 0 Å². The highest BCUT2D eigenvalue weighted by atomic mass is 35.5. The second kappa shape index (κ2) is 6.11. The molecule has 3 aromatic rings. The second-order valence-electron chi connectivity index (χ2n) is 8.18. The minimum absolute atomic E-state index is 0.0627. The number of sulfone groups is 1. The van der Waals surface area contributed by atoms with E-state index in [2.05, 4.69) is 29.4 Å². The van der Waals surface area contributed by atoms with E-state index in [0.717, 1.165) is 33.8 Å². The van der Waals surface area contributed by atoms with Gasteiger partial charge in [0, 0.05) is 34.3 Å². The number of benzene rings is 2. The van der Waals surface area contributed by atoms with Gasteiger partial charge in [-0.05, 0) is 65.5 Å². The smallest absolute Gasteiger partial charge is 0.151 e. The number of hydrogen-bond donors (Lipinski definition) is 1. The molecule has 140 valence electrons. The number of aromatic nitrogens is 1. The number of H-pyrrole nitrogens is 1. The highest BCUT2D eigenvalue weighted by molar-refractivity contribution is 7.89. The third-order valence-corrected chi connectivity index (χ3v) is 7.21. The van der Waals surface area contributed by atoms with Gasteiger partial charge < -0.3 is 4.98 Å². The van der Waals surface area contributed by atoms with Crippen molar-refractivity contribution in [3.8, 4) is 0 Å². The third-order valence-electron chi connectivity index (χ3n) is 6.14. The molecule has 1 aromatic heterocycles. The molecule has 2 unspecified atom stereocenters. The number of halogens is 1. The summed E-state index contributed by atoms with van der Waals surface area (Å²) >= 11 is 6.25. The van der Waals surface area contributed by atoms with E-state index in [1.165, 1.54) is 35.8 Å². The van der Waals surface area contributed by atoms with Gasteiger partial charge in [-0.25, -0.2) is 8.42 Å². The van der Waals surface area contributed by atoms with Crippen LogP contribution in [0.25, 0.3) is 10.9 Å². The van der Waals surface area contributed by atoms with Crippen molar-refractivity contribution in [2.75, 3.05) is 6.26 Å². The minimum atomic E-state index is -3.08. The predicted molar refractivity (Wildman–Crippen MR) is 110 cm³/mol. The van der Waals surface area contributed by atoms with Gasteiger partial charge in [0.1, 0.15) is 0 Å². The Morgan fingerprint density at radius 2 is 1.96 bits per heavy atom. The lowest BCUT2D eigenvalue weighted by Gasteiger charge is -2.20. The van der Waals surface area contributed by atoms with Crippen molar-refractivity contribution >= 4 is 32.3 Å². The summed E-state index contributed by atoms with van der Waals surface area (Å²) in [6.45, 7) is 0. The summed E-state index contributed by atoms with van der Waals surface area (Å²) in [5.41, 5.74) is 5.84. The summed E-state index contributed by atoms with van der Waals surface area (Å²) in [6.07, 6.45) is 7.09. The minimum Gasteiger partial charge on any atom is -0.361 e. The largest absolute Gasteiger partial charge is 0.361 e. The number of rotatable bonds is 4. The van der Waals surface area contributed by atoms with Crippen LogP contribution in [0.4, 0.5) is 0 Å². The Balaban J connectivity index is 1.65. The average molecular weight is 400 g/mol. The molecule has 2 atom stereocenters. The Hall–Kier alpha value is -1.78. The first kappa shape index (κ1) is 17.3. The van der Waals surface area contributed by atoms with Crippen molar-refractivity contribution < 1.29 is 8.42 Å². The van der Waals surface area contributed by atoms with Crippen LogP contribution >= 0.6 is 11.6 Å². The first-order valence-electron chi connectivity index (χ1n) is 9.45. The number of aromatic amines is 1. The van der Waals surface area contributed by atoms with Crippen molar-refractivity contribution in [1.82, 2.24) is 4.98 Å². The van der Waals surface area contributed by atoms with E-state index in [0.29, 0.717) is 11.8 Å². The standard InChI is InChI=1S/C22H22ClNO2S/c1-27(25,26)12-14-3-2-4-18-20(11-24-22(14)18)21-17-8-7-16(23)9-15(17)10-19(21)13-5-6-13/h2-4,7-9,11,13,19,21,24H,5-6,10,12H2,1H3. The molecule has 3 nitrogen and oxygen atoms in total. The zero-order chi connectivity index (χ0) is 18.8. The Bertz CT molecular complexity index is 1140. The summed E-state index contributed by atoms with van der Waals surface area (Å²) in [5.74, 6) is 1.81. The molecule has 5 rings (SSSR count). The number of hydrogen-bond acceptors (Lipinski definition) is 2. The van der Waals surface area contributed by atoms with Crippen molar-refractivity contribution in [1.29, 1.82) is 0 Å². The van der Waals surface area contributed by atoms with Crippen LogP contribution in [0, 0.1) is 11.8 Å². The molecule has 2 aliphatic carbocycles. The lowest BCUT2D eigenvalue weighted by Crippen LogP contribution is -2.11. The van der Waals surface area contributed by atoms with Gasteiger partial charge >= 0.3 is 0 Å². The number of para-hydroxylation sites is 1. The highest BCUT2D eigenvalue weighted by Crippen LogP contribution is 2.54. The molecule has 2 aromatic carbocycles. The lowest BCUT2D eigenvalue weighted by molar-refractivity contribution is 0.444. The molecular weight excluding hydrogens is 378 g/mol. The van der Waals surface area contributed by atoms with Gasteiger partial charge in [0.15, 0.2) is 9.84 Å². The third kappa shape index (κ3) is 3.09. The first-order valence-corrected chi connectivity index (χ1v) is 11.9. The van der Waals surface area contributed by atoms with Crippen LogP contribution in [-0.2, 0) is 22.0 Å². The van der Waals surface area contributed by atoms with Gasteiger partial charge in [0.2, 0.25) is 0 Å². The van der Waals surface area contributed by atoms with Gasteiger partial charge in [0.05, 0.1) is 5.75 Å². The monoisotopic (exact) mass is 399 g/mol. The molecule has 2 aliphatic rings. The molecule has 0 radical (unpaired) electrons. The first-order chi connectivity index (χ1) is 12.9. The molecule has 0 saturated heterocycles. The van der Waals surface area contributed by atoms with E-state index in [-0.39, 0.29) is 5.75 Å². The molecule has 1 heterocycles. The van der Waals surface area contributed by atoms with Gasteiger partial charge in [-0.1, -0.05) is 35.9 Å². The fourth-order valence-electron chi connectivity index (χ4n) is 4.92. The Labute approximate surface area is 164 Å². The maximum atomic E-state index is 11.8. The fraction of sp³-hybridized carbons (Fsp3) is 0.364. The molecule has 27 heavy (non-hydrogen) atoms. The van der Waals surface area contributed by atoms with Gasteiger partial charge in [0.25, 0.3) is 0 Å². The SMILES string of the molecule is CS(=O)(=O)Cc1cccc2c(C3c4ccc(Cl)cc4CC3C3CC3)c[nH]c12. The summed E-state index contributed by atoms with van der Waals surface area (Å²) in [5, 5.41) is 1.95. The Kier molecular flexibility index (Phi) is 3.92. The second-order valence-corrected chi connectivity index (χ2v) is 10.8. The summed E-state index contributed by atoms with van der Waals surface area (Å²) < 4.78 is 23.7. The quantitative estimate of drug-likeness (QED) is 0.665. The summed E-state index contributed by atoms with van der Waals surface area (Å²) in [6, 6.07) is 12.3. The van der Waals surface area contributed by atoms with Crippen molar-refractivity contribution in [3.63, 3.8) is 0 Å². The van der Waals surface area contributed by atoms with Crippen LogP contribution in [0.5, 0.6) is 0 Å². The molecule has 1 saturated carbocycles. The molecule has 0 spiro atoms. The molecule has 1 fully saturated rings. The molecule has 0 aliphatic heterocycles. The van der Waals surface area contributed by atoms with Crippen LogP contribution in [0.3, 0.4) is 0 Å². The average Bonchev–Trinajstić information content (AvgIpc) is 3.24. The highest BCUT2D eigenvalue weighted by Gasteiger charge is 2.43. The molecule has 5 heteroatoms. The summed E-state index contributed by atoms with van der Waals surface area (Å²) in [7, 11) is -3.08. The molecule has 0 bridgehead atoms. The van der Waals surface area contributed by atoms with E-state index in [1.807, 2.05) is 18.2 Å². The summed E-state index contributed by atoms with van der Waals surface area (Å²) in [4.78, 5) is 3.39. The fourth-order valence-corrected chi connectivity index (χ4v) is 5.92. The van der Waals surface area contributed by atoms with Crippen LogP contribution in [0.2, 0.25) is 5.02 Å². The van der Waals surface area contributed by atoms with Crippen LogP contribution < -0.4 is 0 Å². The molecular formula is C22H22ClNO2S. The number of nitrogens with one attached hydrogen (secondary N) is 1. The van der Waals surface area contributed by atoms with Crippen LogP contribution in [0.1, 0.15) is 41.0 Å². The van der Waals surface area contributed by atoms with Crippen LogP contribution in [-0.4, -0.2) is 19.7 Å². The molecule has 0 amide bonds. The van der Waals surface area contributed by atoms with Crippen LogP contribution in [0.15, 0.2) is 42.6 Å². The molecule has 1 N–H and O–H groups in total. The van der Waals surface area contributed by atoms with Crippen molar-refractivity contribution in [2.45, 2.75) is 30.9 Å². The van der Waals surface area contributed by atoms with Gasteiger partial charge in [-0.15, -0.1) is 0 Å². The lowest BCUT2D eigenvalue weighted by atomic mass is 9.83.